The molecule has 2 saturated carbocycles. The molecule has 1 amide bonds. The Morgan fingerprint density at radius 1 is 1.38 bits per heavy atom. The lowest BCUT2D eigenvalue weighted by molar-refractivity contribution is -0.121. The number of hydrogen-bond donors (Lipinski definition) is 1. The maximum Gasteiger partial charge on any atom is 0.270 e. The summed E-state index contributed by atoms with van der Waals surface area (Å²) in [4.78, 5) is 11.2. The van der Waals surface area contributed by atoms with Gasteiger partial charge in [0.25, 0.3) is 10.0 Å². The Kier molecular flexibility index (Phi) is 2.45. The van der Waals surface area contributed by atoms with Gasteiger partial charge in [-0.2, -0.15) is 0 Å². The van der Waals surface area contributed by atoms with Crippen molar-refractivity contribution in [1.29, 1.82) is 0 Å². The lowest BCUT2D eigenvalue weighted by atomic mass is 10.3. The average Bonchev–Trinajstić information content (AvgIpc) is 2.93. The Morgan fingerprint density at radius 2 is 1.94 bits per heavy atom. The molecule has 0 heterocycles. The molecule has 1 N–H and O–H groups in total. The lowest BCUT2D eigenvalue weighted by Crippen LogP contribution is -2.39. The zero-order chi connectivity index (χ0) is 12.1. The van der Waals surface area contributed by atoms with Gasteiger partial charge in [-0.1, -0.05) is 0 Å². The number of sulfonamides is 1. The summed E-state index contributed by atoms with van der Waals surface area (Å²) in [5.74, 6) is -3.11. The van der Waals surface area contributed by atoms with Crippen molar-refractivity contribution in [2.45, 2.75) is 30.7 Å². The van der Waals surface area contributed by atoms with Gasteiger partial charge in [0.2, 0.25) is 17.3 Å². The lowest BCUT2D eigenvalue weighted by Gasteiger charge is -2.08. The van der Waals surface area contributed by atoms with Crippen molar-refractivity contribution in [1.82, 2.24) is 4.72 Å². The van der Waals surface area contributed by atoms with E-state index >= 15 is 0 Å². The molecule has 0 aliphatic heterocycles. The zero-order valence-electron chi connectivity index (χ0n) is 8.12. The first kappa shape index (κ1) is 11.7. The van der Waals surface area contributed by atoms with Crippen LogP contribution in [0.4, 0.5) is 13.2 Å². The standard InChI is InChI=1S/C8H10F3NO3S/c9-6(10)4-3-5(4)7(13)12-16(14,15)8(11)1-2-8/h4-6H,1-3H2,(H,12,13)/t4?,5-/m0/s1. The molecule has 0 aromatic heterocycles. The third-order valence-electron chi connectivity index (χ3n) is 2.86. The molecule has 8 heteroatoms. The monoisotopic (exact) mass is 257 g/mol. The summed E-state index contributed by atoms with van der Waals surface area (Å²) in [6.07, 6.45) is -2.99. The molecule has 2 aliphatic carbocycles. The van der Waals surface area contributed by atoms with Crippen LogP contribution in [0.25, 0.3) is 0 Å². The number of alkyl halides is 3. The molecule has 2 fully saturated rings. The molecule has 0 bridgehead atoms. The van der Waals surface area contributed by atoms with E-state index in [4.69, 9.17) is 0 Å². The van der Waals surface area contributed by atoms with Gasteiger partial charge in [0.05, 0.1) is 0 Å². The van der Waals surface area contributed by atoms with Gasteiger partial charge in [-0.15, -0.1) is 0 Å². The van der Waals surface area contributed by atoms with Gasteiger partial charge in [-0.3, -0.25) is 9.52 Å². The van der Waals surface area contributed by atoms with Crippen LogP contribution in [0.15, 0.2) is 0 Å². The molecule has 16 heavy (non-hydrogen) atoms. The highest BCUT2D eigenvalue weighted by molar-refractivity contribution is 7.91. The van der Waals surface area contributed by atoms with Crippen LogP contribution in [-0.2, 0) is 14.8 Å². The minimum Gasteiger partial charge on any atom is -0.274 e. The second kappa shape index (κ2) is 3.35. The van der Waals surface area contributed by atoms with E-state index in [1.165, 1.54) is 4.72 Å². The van der Waals surface area contributed by atoms with Crippen LogP contribution in [0.2, 0.25) is 0 Å². The Morgan fingerprint density at radius 3 is 2.31 bits per heavy atom. The molecular formula is C8H10F3NO3S. The molecule has 0 radical (unpaired) electrons. The molecular weight excluding hydrogens is 247 g/mol. The fraction of sp³-hybridized carbons (Fsp3) is 0.875. The minimum atomic E-state index is -4.35. The SMILES string of the molecule is O=C(NS(=O)(=O)C1(F)CC1)[C@H]1CC1C(F)F. The number of amides is 1. The third kappa shape index (κ3) is 1.90. The fourth-order valence-corrected chi connectivity index (χ4v) is 2.70. The van der Waals surface area contributed by atoms with E-state index < -0.39 is 39.2 Å². The summed E-state index contributed by atoms with van der Waals surface area (Å²) in [5, 5.41) is -2.38. The van der Waals surface area contributed by atoms with Crippen LogP contribution in [0, 0.1) is 11.8 Å². The topological polar surface area (TPSA) is 63.2 Å². The Bertz CT molecular complexity index is 418. The van der Waals surface area contributed by atoms with Crippen molar-refractivity contribution in [2.75, 3.05) is 0 Å². The zero-order valence-corrected chi connectivity index (χ0v) is 8.94. The number of carbonyl (C=O) groups excluding carboxylic acids is 1. The summed E-state index contributed by atoms with van der Waals surface area (Å²) in [6.45, 7) is 0. The normalized spacial score (nSPS) is 31.2. The van der Waals surface area contributed by atoms with Gasteiger partial charge in [-0.25, -0.2) is 21.6 Å². The second-order valence-corrected chi connectivity index (χ2v) is 6.14. The highest BCUT2D eigenvalue weighted by atomic mass is 32.2. The summed E-state index contributed by atoms with van der Waals surface area (Å²) >= 11 is 0. The van der Waals surface area contributed by atoms with E-state index in [0.29, 0.717) is 0 Å². The van der Waals surface area contributed by atoms with Crippen LogP contribution >= 0.6 is 0 Å². The summed E-state index contributed by atoms with van der Waals surface area (Å²) < 4.78 is 61.4. The van der Waals surface area contributed by atoms with E-state index in [1.54, 1.807) is 0 Å². The van der Waals surface area contributed by atoms with Crippen LogP contribution in [0.1, 0.15) is 19.3 Å². The van der Waals surface area contributed by atoms with Crippen molar-refractivity contribution in [3.05, 3.63) is 0 Å². The third-order valence-corrected chi connectivity index (χ3v) is 4.70. The van der Waals surface area contributed by atoms with E-state index in [1.807, 2.05) is 0 Å². The molecule has 4 nitrogen and oxygen atoms in total. The van der Waals surface area contributed by atoms with Gasteiger partial charge in [0.1, 0.15) is 0 Å². The fourth-order valence-electron chi connectivity index (χ4n) is 1.46. The van der Waals surface area contributed by atoms with E-state index in [-0.39, 0.29) is 19.3 Å². The highest BCUT2D eigenvalue weighted by Crippen LogP contribution is 2.46. The van der Waals surface area contributed by atoms with Crippen molar-refractivity contribution in [2.24, 2.45) is 11.8 Å². The molecule has 0 saturated heterocycles. The molecule has 0 aromatic carbocycles. The Hall–Kier alpha value is -0.790. The van der Waals surface area contributed by atoms with E-state index in [2.05, 4.69) is 0 Å². The smallest absolute Gasteiger partial charge is 0.270 e. The van der Waals surface area contributed by atoms with Crippen LogP contribution < -0.4 is 4.72 Å². The van der Waals surface area contributed by atoms with Gasteiger partial charge in [-0.05, 0) is 6.42 Å². The first-order chi connectivity index (χ1) is 7.27. The molecule has 2 atom stereocenters. The molecule has 92 valence electrons. The quantitative estimate of drug-likeness (QED) is 0.810. The van der Waals surface area contributed by atoms with Crippen LogP contribution in [-0.4, -0.2) is 25.8 Å². The molecule has 0 aromatic rings. The van der Waals surface area contributed by atoms with Gasteiger partial charge >= 0.3 is 0 Å². The number of rotatable bonds is 4. The predicted molar refractivity (Wildman–Crippen MR) is 47.7 cm³/mol. The van der Waals surface area contributed by atoms with Gasteiger partial charge in [0, 0.05) is 24.7 Å². The van der Waals surface area contributed by atoms with Gasteiger partial charge < -0.3 is 0 Å². The van der Waals surface area contributed by atoms with Crippen molar-refractivity contribution in [3.63, 3.8) is 0 Å². The molecule has 2 rings (SSSR count). The van der Waals surface area contributed by atoms with E-state index in [9.17, 15) is 26.4 Å². The van der Waals surface area contributed by atoms with Crippen LogP contribution in [0.3, 0.4) is 0 Å². The maximum atomic E-state index is 13.2. The average molecular weight is 257 g/mol. The highest BCUT2D eigenvalue weighted by Gasteiger charge is 2.58. The summed E-state index contributed by atoms with van der Waals surface area (Å²) in [5.41, 5.74) is 0. The first-order valence-corrected chi connectivity index (χ1v) is 6.28. The second-order valence-electron chi connectivity index (χ2n) is 4.19. The number of carbonyl (C=O) groups is 1. The number of halogens is 3. The summed E-state index contributed by atoms with van der Waals surface area (Å²) in [6, 6.07) is 0. The number of nitrogens with one attached hydrogen (secondary N) is 1. The minimum absolute atomic E-state index is 0.0433. The largest absolute Gasteiger partial charge is 0.274 e. The predicted octanol–water partition coefficient (Wildman–Crippen LogP) is 0.793. The summed E-state index contributed by atoms with van der Waals surface area (Å²) in [7, 11) is -4.35. The van der Waals surface area contributed by atoms with Crippen molar-refractivity contribution >= 4 is 15.9 Å². The Labute approximate surface area is 90.3 Å². The number of hydrogen-bond acceptors (Lipinski definition) is 3. The maximum absolute atomic E-state index is 13.2. The first-order valence-electron chi connectivity index (χ1n) is 4.80. The van der Waals surface area contributed by atoms with Crippen molar-refractivity contribution < 1.29 is 26.4 Å². The molecule has 1 unspecified atom stereocenters. The molecule has 2 aliphatic rings. The van der Waals surface area contributed by atoms with Crippen molar-refractivity contribution in [3.8, 4) is 0 Å². The molecule has 0 spiro atoms. The Balaban J connectivity index is 1.94. The van der Waals surface area contributed by atoms with Gasteiger partial charge in [0.15, 0.2) is 0 Å². The van der Waals surface area contributed by atoms with E-state index in [0.717, 1.165) is 0 Å². The van der Waals surface area contributed by atoms with Crippen LogP contribution in [0.5, 0.6) is 0 Å².